The van der Waals surface area contributed by atoms with Gasteiger partial charge in [-0.3, -0.25) is 4.79 Å². The molecule has 21 heavy (non-hydrogen) atoms. The minimum atomic E-state index is -0.557. The zero-order chi connectivity index (χ0) is 15.4. The first-order chi connectivity index (χ1) is 10.2. The minimum Gasteiger partial charge on any atom is -0.355 e. The molecule has 1 fully saturated rings. The molecule has 1 amide bonds. The maximum Gasteiger partial charge on any atom is 0.240 e. The fraction of sp³-hybridized carbons (Fsp3) is 0.944. The lowest BCUT2D eigenvalue weighted by molar-refractivity contribution is -0.126. The molecular weight excluding hydrogens is 260 g/mol. The van der Waals surface area contributed by atoms with Crippen LogP contribution in [-0.4, -0.2) is 18.0 Å². The zero-order valence-electron chi connectivity index (χ0n) is 14.1. The topological polar surface area (TPSA) is 55.1 Å². The van der Waals surface area contributed by atoms with Crippen molar-refractivity contribution in [2.75, 3.05) is 6.54 Å². The van der Waals surface area contributed by atoms with Gasteiger partial charge < -0.3 is 11.1 Å². The van der Waals surface area contributed by atoms with Gasteiger partial charge in [0.05, 0.1) is 5.54 Å². The SMILES string of the molecule is CCCCCCCCCCCCNC(=O)C1(N)CCCC1. The van der Waals surface area contributed by atoms with E-state index < -0.39 is 5.54 Å². The molecule has 0 unspecified atom stereocenters. The fourth-order valence-corrected chi connectivity index (χ4v) is 3.22. The van der Waals surface area contributed by atoms with Crippen molar-refractivity contribution in [3.63, 3.8) is 0 Å². The van der Waals surface area contributed by atoms with Crippen molar-refractivity contribution in [1.29, 1.82) is 0 Å². The maximum atomic E-state index is 12.0. The van der Waals surface area contributed by atoms with Crippen LogP contribution in [0.15, 0.2) is 0 Å². The number of rotatable bonds is 12. The lowest BCUT2D eigenvalue weighted by Crippen LogP contribution is -2.52. The third-order valence-corrected chi connectivity index (χ3v) is 4.76. The van der Waals surface area contributed by atoms with Gasteiger partial charge in [-0.2, -0.15) is 0 Å². The summed E-state index contributed by atoms with van der Waals surface area (Å²) in [4.78, 5) is 12.0. The number of hydrogen-bond donors (Lipinski definition) is 2. The third-order valence-electron chi connectivity index (χ3n) is 4.76. The van der Waals surface area contributed by atoms with Crippen LogP contribution in [0.5, 0.6) is 0 Å². The second-order valence-electron chi connectivity index (χ2n) is 6.80. The fourth-order valence-electron chi connectivity index (χ4n) is 3.22. The molecule has 3 heteroatoms. The number of nitrogens with one attached hydrogen (secondary N) is 1. The molecule has 0 aromatic rings. The van der Waals surface area contributed by atoms with Crippen molar-refractivity contribution in [3.05, 3.63) is 0 Å². The van der Waals surface area contributed by atoms with Crippen LogP contribution in [0.25, 0.3) is 0 Å². The molecule has 0 saturated heterocycles. The van der Waals surface area contributed by atoms with Crippen LogP contribution in [-0.2, 0) is 4.79 Å². The predicted octanol–water partition coefficient (Wildman–Crippen LogP) is 4.30. The number of hydrogen-bond acceptors (Lipinski definition) is 2. The normalized spacial score (nSPS) is 17.0. The number of unbranched alkanes of at least 4 members (excludes halogenated alkanes) is 9. The van der Waals surface area contributed by atoms with Gasteiger partial charge in [0.1, 0.15) is 0 Å². The van der Waals surface area contributed by atoms with Crippen LogP contribution in [0.2, 0.25) is 0 Å². The summed E-state index contributed by atoms with van der Waals surface area (Å²) in [5.41, 5.74) is 5.56. The summed E-state index contributed by atoms with van der Waals surface area (Å²) in [7, 11) is 0. The molecule has 1 rings (SSSR count). The third kappa shape index (κ3) is 7.85. The maximum absolute atomic E-state index is 12.0. The van der Waals surface area contributed by atoms with Crippen LogP contribution in [0, 0.1) is 0 Å². The molecule has 0 aliphatic heterocycles. The summed E-state index contributed by atoms with van der Waals surface area (Å²) in [6.45, 7) is 3.06. The first kappa shape index (κ1) is 18.5. The Morgan fingerprint density at radius 1 is 0.905 bits per heavy atom. The van der Waals surface area contributed by atoms with Gasteiger partial charge >= 0.3 is 0 Å². The molecule has 0 aromatic heterocycles. The van der Waals surface area contributed by atoms with E-state index in [0.29, 0.717) is 0 Å². The Morgan fingerprint density at radius 3 is 1.90 bits per heavy atom. The summed E-state index contributed by atoms with van der Waals surface area (Å²) in [5.74, 6) is 0.0796. The lowest BCUT2D eigenvalue weighted by Gasteiger charge is -2.22. The quantitative estimate of drug-likeness (QED) is 0.528. The first-order valence-corrected chi connectivity index (χ1v) is 9.26. The Balaban J connectivity index is 1.85. The van der Waals surface area contributed by atoms with E-state index in [2.05, 4.69) is 12.2 Å². The van der Waals surface area contributed by atoms with Crippen molar-refractivity contribution in [2.45, 2.75) is 102 Å². The van der Waals surface area contributed by atoms with Gasteiger partial charge in [0, 0.05) is 6.54 Å². The van der Waals surface area contributed by atoms with E-state index in [1.54, 1.807) is 0 Å². The standard InChI is InChI=1S/C18H36N2O/c1-2-3-4-5-6-7-8-9-10-13-16-20-17(21)18(19)14-11-12-15-18/h2-16,19H2,1H3,(H,20,21). The molecule has 1 aliphatic rings. The molecule has 3 nitrogen and oxygen atoms in total. The van der Waals surface area contributed by atoms with Crippen LogP contribution >= 0.6 is 0 Å². The van der Waals surface area contributed by atoms with Crippen molar-refractivity contribution >= 4 is 5.91 Å². The molecule has 124 valence electrons. The highest BCUT2D eigenvalue weighted by atomic mass is 16.2. The van der Waals surface area contributed by atoms with Gasteiger partial charge in [0.15, 0.2) is 0 Å². The predicted molar refractivity (Wildman–Crippen MR) is 90.2 cm³/mol. The van der Waals surface area contributed by atoms with Crippen LogP contribution in [0.3, 0.4) is 0 Å². The Kier molecular flexibility index (Phi) is 9.73. The average Bonchev–Trinajstić information content (AvgIpc) is 2.92. The van der Waals surface area contributed by atoms with Crippen molar-refractivity contribution in [2.24, 2.45) is 5.73 Å². The molecule has 0 heterocycles. The van der Waals surface area contributed by atoms with E-state index in [0.717, 1.165) is 38.6 Å². The van der Waals surface area contributed by atoms with E-state index in [-0.39, 0.29) is 5.91 Å². The van der Waals surface area contributed by atoms with Gasteiger partial charge in [-0.25, -0.2) is 0 Å². The second kappa shape index (κ2) is 11.1. The summed E-state index contributed by atoms with van der Waals surface area (Å²) in [6, 6.07) is 0. The lowest BCUT2D eigenvalue weighted by atomic mass is 9.98. The number of nitrogens with two attached hydrogens (primary N) is 1. The van der Waals surface area contributed by atoms with Crippen molar-refractivity contribution in [1.82, 2.24) is 5.32 Å². The minimum absolute atomic E-state index is 0.0796. The summed E-state index contributed by atoms with van der Waals surface area (Å²) in [5, 5.41) is 3.03. The van der Waals surface area contributed by atoms with Crippen molar-refractivity contribution < 1.29 is 4.79 Å². The average molecular weight is 296 g/mol. The summed E-state index contributed by atoms with van der Waals surface area (Å²) < 4.78 is 0. The molecule has 0 spiro atoms. The summed E-state index contributed by atoms with van der Waals surface area (Å²) in [6.07, 6.45) is 17.2. The molecule has 0 bridgehead atoms. The first-order valence-electron chi connectivity index (χ1n) is 9.26. The molecule has 0 radical (unpaired) electrons. The van der Waals surface area contributed by atoms with E-state index >= 15 is 0 Å². The Hall–Kier alpha value is -0.570. The van der Waals surface area contributed by atoms with Gasteiger partial charge in [-0.15, -0.1) is 0 Å². The largest absolute Gasteiger partial charge is 0.355 e. The van der Waals surface area contributed by atoms with E-state index in [1.807, 2.05) is 0 Å². The highest BCUT2D eigenvalue weighted by Gasteiger charge is 2.36. The Bertz CT molecular complexity index is 272. The number of amides is 1. The highest BCUT2D eigenvalue weighted by molar-refractivity contribution is 5.86. The van der Waals surface area contributed by atoms with E-state index in [9.17, 15) is 4.79 Å². The van der Waals surface area contributed by atoms with Gasteiger partial charge in [0.2, 0.25) is 5.91 Å². The number of carbonyl (C=O) groups excluding carboxylic acids is 1. The van der Waals surface area contributed by atoms with Crippen LogP contribution < -0.4 is 11.1 Å². The van der Waals surface area contributed by atoms with Crippen molar-refractivity contribution in [3.8, 4) is 0 Å². The van der Waals surface area contributed by atoms with E-state index in [1.165, 1.54) is 57.8 Å². The highest BCUT2D eigenvalue weighted by Crippen LogP contribution is 2.27. The smallest absolute Gasteiger partial charge is 0.240 e. The molecule has 1 aliphatic carbocycles. The molecular formula is C18H36N2O. The van der Waals surface area contributed by atoms with Crippen LogP contribution in [0.4, 0.5) is 0 Å². The van der Waals surface area contributed by atoms with Gasteiger partial charge in [0.25, 0.3) is 0 Å². The summed E-state index contributed by atoms with van der Waals surface area (Å²) >= 11 is 0. The molecule has 3 N–H and O–H groups in total. The van der Waals surface area contributed by atoms with Crippen LogP contribution in [0.1, 0.15) is 96.8 Å². The second-order valence-corrected chi connectivity index (χ2v) is 6.80. The molecule has 0 aromatic carbocycles. The Morgan fingerprint density at radius 2 is 1.38 bits per heavy atom. The molecule has 1 saturated carbocycles. The monoisotopic (exact) mass is 296 g/mol. The Labute approximate surface area is 131 Å². The zero-order valence-corrected chi connectivity index (χ0v) is 14.1. The number of carbonyl (C=O) groups is 1. The molecule has 0 atom stereocenters. The van der Waals surface area contributed by atoms with Gasteiger partial charge in [-0.1, -0.05) is 77.6 Å². The van der Waals surface area contributed by atoms with E-state index in [4.69, 9.17) is 5.73 Å². The van der Waals surface area contributed by atoms with Gasteiger partial charge in [-0.05, 0) is 19.3 Å².